The molecule has 0 fully saturated rings. The van der Waals surface area contributed by atoms with Gasteiger partial charge in [-0.05, 0) is 64.5 Å². The predicted molar refractivity (Wildman–Crippen MR) is 128 cm³/mol. The van der Waals surface area contributed by atoms with Gasteiger partial charge in [-0.2, -0.15) is 0 Å². The zero-order valence-corrected chi connectivity index (χ0v) is 19.7. The largest absolute Gasteiger partial charge is 0.355 e. The number of halogens is 1. The molecular formula is C23H21BrN4O2S. The van der Waals surface area contributed by atoms with E-state index >= 15 is 0 Å². The lowest BCUT2D eigenvalue weighted by atomic mass is 9.87. The highest BCUT2D eigenvalue weighted by Gasteiger charge is 2.29. The van der Waals surface area contributed by atoms with E-state index in [-0.39, 0.29) is 10.3 Å². The number of H-pyrrole nitrogens is 2. The molecule has 2 aliphatic heterocycles. The van der Waals surface area contributed by atoms with Crippen LogP contribution in [0.3, 0.4) is 0 Å². The van der Waals surface area contributed by atoms with Gasteiger partial charge in [0.2, 0.25) is 0 Å². The second-order valence-corrected chi connectivity index (χ2v) is 11.5. The molecule has 8 heteroatoms. The second kappa shape index (κ2) is 6.90. The van der Waals surface area contributed by atoms with E-state index < -0.39 is 9.84 Å². The topological polar surface area (TPSA) is 91.5 Å². The van der Waals surface area contributed by atoms with Gasteiger partial charge >= 0.3 is 0 Å². The molecule has 31 heavy (non-hydrogen) atoms. The maximum absolute atomic E-state index is 12.7. The van der Waals surface area contributed by atoms with E-state index in [4.69, 9.17) is 4.98 Å². The van der Waals surface area contributed by atoms with E-state index in [1.165, 1.54) is 6.26 Å². The maximum atomic E-state index is 12.7. The van der Waals surface area contributed by atoms with Crippen LogP contribution in [0.15, 0.2) is 47.4 Å². The van der Waals surface area contributed by atoms with Gasteiger partial charge in [0, 0.05) is 50.5 Å². The van der Waals surface area contributed by atoms with Crippen molar-refractivity contribution in [3.05, 3.63) is 65.2 Å². The monoisotopic (exact) mass is 496 g/mol. The maximum Gasteiger partial charge on any atom is 0.179 e. The van der Waals surface area contributed by atoms with E-state index in [0.29, 0.717) is 16.9 Å². The van der Waals surface area contributed by atoms with Gasteiger partial charge in [0.25, 0.3) is 0 Å². The van der Waals surface area contributed by atoms with E-state index in [2.05, 4.69) is 50.8 Å². The number of rotatable bonds is 1. The number of aromatic nitrogens is 4. The molecule has 6 nitrogen and oxygen atoms in total. The fraction of sp³-hybridized carbons (Fsp3) is 0.217. The molecule has 3 aromatic heterocycles. The summed E-state index contributed by atoms with van der Waals surface area (Å²) in [5.74, 6) is 0. The Labute approximate surface area is 188 Å². The van der Waals surface area contributed by atoms with Crippen LogP contribution in [-0.2, 0) is 21.7 Å². The molecule has 5 heterocycles. The molecular weight excluding hydrogens is 476 g/mol. The predicted octanol–water partition coefficient (Wildman–Crippen LogP) is 5.13. The minimum absolute atomic E-state index is 0.116. The molecule has 0 radical (unpaired) electrons. The summed E-state index contributed by atoms with van der Waals surface area (Å²) >= 11 is 3.55. The smallest absolute Gasteiger partial charge is 0.179 e. The molecule has 0 spiro atoms. The third-order valence-electron chi connectivity index (χ3n) is 5.52. The Bertz CT molecular complexity index is 1530. The number of nitrogens with one attached hydrogen (secondary N) is 2. The Kier molecular flexibility index (Phi) is 4.50. The summed E-state index contributed by atoms with van der Waals surface area (Å²) in [5.41, 5.74) is 6.04. The summed E-state index contributed by atoms with van der Waals surface area (Å²) < 4.78 is 26.1. The van der Waals surface area contributed by atoms with Crippen LogP contribution in [0.1, 0.15) is 36.6 Å². The third kappa shape index (κ3) is 3.74. The van der Waals surface area contributed by atoms with Gasteiger partial charge in [-0.1, -0.05) is 13.8 Å². The van der Waals surface area contributed by atoms with E-state index in [1.54, 1.807) is 12.1 Å². The summed E-state index contributed by atoms with van der Waals surface area (Å²) in [4.78, 5) is 16.3. The van der Waals surface area contributed by atoms with Crippen molar-refractivity contribution in [2.75, 3.05) is 6.26 Å². The molecule has 158 valence electrons. The van der Waals surface area contributed by atoms with E-state index in [1.807, 2.05) is 30.3 Å². The highest BCUT2D eigenvalue weighted by Crippen LogP contribution is 2.34. The summed E-state index contributed by atoms with van der Waals surface area (Å²) in [6, 6.07) is 13.6. The molecule has 0 saturated heterocycles. The van der Waals surface area contributed by atoms with Crippen molar-refractivity contribution in [2.24, 2.45) is 0 Å². The van der Waals surface area contributed by atoms with Crippen molar-refractivity contribution in [3.8, 4) is 0 Å². The quantitative estimate of drug-likeness (QED) is 0.488. The van der Waals surface area contributed by atoms with Gasteiger partial charge in [0.05, 0.1) is 16.9 Å². The van der Waals surface area contributed by atoms with Gasteiger partial charge in [0.1, 0.15) is 4.90 Å². The van der Waals surface area contributed by atoms with Gasteiger partial charge in [0.15, 0.2) is 9.84 Å². The molecule has 0 aliphatic carbocycles. The molecule has 0 aromatic carbocycles. The van der Waals surface area contributed by atoms with Crippen LogP contribution in [0.4, 0.5) is 0 Å². The van der Waals surface area contributed by atoms with Crippen LogP contribution in [0, 0.1) is 0 Å². The summed E-state index contributed by atoms with van der Waals surface area (Å²) in [6.45, 7) is 4.34. The van der Waals surface area contributed by atoms with Crippen LogP contribution >= 0.6 is 15.9 Å². The number of fused-ring (bicyclic) bond motifs is 8. The fourth-order valence-electron chi connectivity index (χ4n) is 4.05. The van der Waals surface area contributed by atoms with Crippen molar-refractivity contribution in [2.45, 2.75) is 30.6 Å². The number of hydrogen-bond donors (Lipinski definition) is 2. The van der Waals surface area contributed by atoms with Crippen molar-refractivity contribution in [3.63, 3.8) is 0 Å². The summed E-state index contributed by atoms with van der Waals surface area (Å²) in [6.07, 6.45) is 3.73. The average molecular weight is 497 g/mol. The zero-order chi connectivity index (χ0) is 22.0. The third-order valence-corrected chi connectivity index (χ3v) is 7.33. The Hall–Kier alpha value is -2.71. The van der Waals surface area contributed by atoms with Crippen LogP contribution < -0.4 is 0 Å². The lowest BCUT2D eigenvalue weighted by Gasteiger charge is -2.15. The highest BCUT2D eigenvalue weighted by atomic mass is 79.9. The molecule has 0 saturated carbocycles. The second-order valence-electron chi connectivity index (χ2n) is 8.65. The molecule has 0 atom stereocenters. The summed E-state index contributed by atoms with van der Waals surface area (Å²) in [5, 5.41) is 0. The van der Waals surface area contributed by atoms with Gasteiger partial charge in [-0.25, -0.2) is 13.4 Å². The number of aromatic amines is 2. The van der Waals surface area contributed by atoms with Gasteiger partial charge < -0.3 is 9.97 Å². The van der Waals surface area contributed by atoms with Gasteiger partial charge in [-0.3, -0.25) is 4.98 Å². The Balaban J connectivity index is 1.94. The van der Waals surface area contributed by atoms with Crippen LogP contribution in [0.25, 0.3) is 32.6 Å². The first kappa shape index (κ1) is 20.2. The fourth-order valence-corrected chi connectivity index (χ4v) is 5.48. The highest BCUT2D eigenvalue weighted by molar-refractivity contribution is 9.15. The molecule has 2 N–H and O–H groups in total. The lowest BCUT2D eigenvalue weighted by Crippen LogP contribution is -2.14. The standard InChI is InChI=1S/C23H21BrN4O2S/c1-23(2)12-16-9-19-17(24)11-20(28-19)22(31(3,29)30)18-7-6-14(26-18)8-13-4-5-15(25-13)10-21(23)27-16/h4-11,25-26H,12H2,1-3H3. The molecule has 0 amide bonds. The number of hydrogen-bond acceptors (Lipinski definition) is 4. The van der Waals surface area contributed by atoms with Crippen molar-refractivity contribution in [1.29, 1.82) is 0 Å². The van der Waals surface area contributed by atoms with Crippen LogP contribution in [0.5, 0.6) is 0 Å². The van der Waals surface area contributed by atoms with Crippen molar-refractivity contribution >= 4 is 58.4 Å². The first-order valence-corrected chi connectivity index (χ1v) is 12.6. The SMILES string of the molecule is CC1(C)Cc2cc3nc(c(S(C)(=O)=O)c4ccc(cc5ccc(cc1n2)[nH]5)[nH]4)C=C3Br. The number of nitrogens with zero attached hydrogens (tertiary/aromatic N) is 2. The van der Waals surface area contributed by atoms with E-state index in [9.17, 15) is 8.42 Å². The first-order valence-electron chi connectivity index (χ1n) is 9.87. The minimum atomic E-state index is -3.54. The van der Waals surface area contributed by atoms with Crippen LogP contribution in [0.2, 0.25) is 0 Å². The number of sulfone groups is 1. The zero-order valence-electron chi connectivity index (χ0n) is 17.3. The lowest BCUT2D eigenvalue weighted by molar-refractivity contribution is 0.543. The minimum Gasteiger partial charge on any atom is -0.355 e. The normalized spacial score (nSPS) is 15.7. The molecule has 0 unspecified atom stereocenters. The summed E-state index contributed by atoms with van der Waals surface area (Å²) in [7, 11) is -3.54. The van der Waals surface area contributed by atoms with Crippen molar-refractivity contribution in [1.82, 2.24) is 19.9 Å². The van der Waals surface area contributed by atoms with E-state index in [0.717, 1.165) is 38.8 Å². The Morgan fingerprint density at radius 1 is 0.968 bits per heavy atom. The molecule has 8 bridgehead atoms. The molecule has 2 aliphatic rings. The molecule has 3 aromatic rings. The molecule has 5 rings (SSSR count). The van der Waals surface area contributed by atoms with Crippen molar-refractivity contribution < 1.29 is 8.42 Å². The van der Waals surface area contributed by atoms with Gasteiger partial charge in [-0.15, -0.1) is 0 Å². The first-order chi connectivity index (χ1) is 14.6. The Morgan fingerprint density at radius 2 is 1.65 bits per heavy atom. The van der Waals surface area contributed by atoms with Crippen LogP contribution in [-0.4, -0.2) is 34.6 Å². The average Bonchev–Trinajstić information content (AvgIpc) is 3.39. The Morgan fingerprint density at radius 3 is 2.39 bits per heavy atom.